The second-order valence-corrected chi connectivity index (χ2v) is 4.67. The summed E-state index contributed by atoms with van der Waals surface area (Å²) in [7, 11) is 1.26. The Morgan fingerprint density at radius 3 is 2.60 bits per heavy atom. The average molecular weight is 210 g/mol. The summed E-state index contributed by atoms with van der Waals surface area (Å²) in [6, 6.07) is 0. The Morgan fingerprint density at radius 1 is 1.40 bits per heavy atom. The molecule has 0 aromatic carbocycles. The standard InChI is InChI=1S/C12H23BO2/c1-3-15-11(14)12(8-6-9-12)7-4-5-10-13-2/h13H,3-10H2,1-2H3. The second-order valence-electron chi connectivity index (χ2n) is 4.67. The molecule has 0 aromatic rings. The Balaban J connectivity index is 2.29. The quantitative estimate of drug-likeness (QED) is 0.367. The molecular weight excluding hydrogens is 187 g/mol. The van der Waals surface area contributed by atoms with Crippen molar-refractivity contribution in [2.75, 3.05) is 6.61 Å². The highest BCUT2D eigenvalue weighted by Gasteiger charge is 2.44. The van der Waals surface area contributed by atoms with Gasteiger partial charge in [-0.15, -0.1) is 0 Å². The third-order valence-corrected chi connectivity index (χ3v) is 3.53. The van der Waals surface area contributed by atoms with E-state index in [1.54, 1.807) is 0 Å². The molecule has 1 fully saturated rings. The Kier molecular flexibility index (Phi) is 5.20. The maximum atomic E-state index is 11.8. The van der Waals surface area contributed by atoms with Crippen LogP contribution in [0.15, 0.2) is 0 Å². The van der Waals surface area contributed by atoms with Crippen LogP contribution in [0.1, 0.15) is 45.4 Å². The highest BCUT2D eigenvalue weighted by molar-refractivity contribution is 6.33. The number of hydrogen-bond donors (Lipinski definition) is 0. The normalized spacial score (nSPS) is 18.0. The molecule has 0 aliphatic heterocycles. The summed E-state index contributed by atoms with van der Waals surface area (Å²) in [5, 5.41) is 0. The molecule has 1 rings (SSSR count). The number of ether oxygens (including phenoxy) is 1. The Hall–Kier alpha value is -0.465. The van der Waals surface area contributed by atoms with Crippen molar-refractivity contribution in [1.82, 2.24) is 0 Å². The third kappa shape index (κ3) is 3.25. The van der Waals surface area contributed by atoms with Gasteiger partial charge >= 0.3 is 5.97 Å². The fourth-order valence-electron chi connectivity index (χ4n) is 2.33. The lowest BCUT2D eigenvalue weighted by Gasteiger charge is -2.39. The van der Waals surface area contributed by atoms with E-state index in [1.165, 1.54) is 32.9 Å². The summed E-state index contributed by atoms with van der Waals surface area (Å²) in [4.78, 5) is 11.8. The molecule has 1 aliphatic rings. The molecule has 0 N–H and O–H groups in total. The monoisotopic (exact) mass is 210 g/mol. The first-order valence-electron chi connectivity index (χ1n) is 6.42. The van der Waals surface area contributed by atoms with Gasteiger partial charge in [-0.3, -0.25) is 4.79 Å². The Labute approximate surface area is 94.0 Å². The van der Waals surface area contributed by atoms with Crippen molar-refractivity contribution in [2.24, 2.45) is 5.41 Å². The molecule has 0 heterocycles. The zero-order chi connectivity index (χ0) is 11.1. The molecule has 0 bridgehead atoms. The summed E-state index contributed by atoms with van der Waals surface area (Å²) in [5.74, 6) is 0.0627. The largest absolute Gasteiger partial charge is 0.466 e. The molecule has 86 valence electrons. The van der Waals surface area contributed by atoms with Gasteiger partial charge in [0.2, 0.25) is 0 Å². The van der Waals surface area contributed by atoms with Gasteiger partial charge in [-0.2, -0.15) is 0 Å². The maximum absolute atomic E-state index is 11.8. The van der Waals surface area contributed by atoms with Crippen LogP contribution in [0.4, 0.5) is 0 Å². The predicted octanol–water partition coefficient (Wildman–Crippen LogP) is 2.79. The molecule has 15 heavy (non-hydrogen) atoms. The lowest BCUT2D eigenvalue weighted by Crippen LogP contribution is -2.39. The zero-order valence-corrected chi connectivity index (χ0v) is 10.2. The van der Waals surface area contributed by atoms with E-state index in [1.807, 2.05) is 6.92 Å². The van der Waals surface area contributed by atoms with Crippen molar-refractivity contribution in [3.63, 3.8) is 0 Å². The summed E-state index contributed by atoms with van der Waals surface area (Å²) in [6.45, 7) is 4.63. The van der Waals surface area contributed by atoms with E-state index in [2.05, 4.69) is 6.82 Å². The van der Waals surface area contributed by atoms with Crippen molar-refractivity contribution in [1.29, 1.82) is 0 Å². The van der Waals surface area contributed by atoms with Gasteiger partial charge in [-0.25, -0.2) is 0 Å². The topological polar surface area (TPSA) is 26.3 Å². The van der Waals surface area contributed by atoms with Crippen molar-refractivity contribution in [3.05, 3.63) is 0 Å². The van der Waals surface area contributed by atoms with E-state index in [9.17, 15) is 4.79 Å². The summed E-state index contributed by atoms with van der Waals surface area (Å²) in [5.41, 5.74) is -0.0796. The molecule has 0 atom stereocenters. The number of rotatable bonds is 7. The van der Waals surface area contributed by atoms with Crippen LogP contribution in [0.2, 0.25) is 13.1 Å². The predicted molar refractivity (Wildman–Crippen MR) is 64.6 cm³/mol. The van der Waals surface area contributed by atoms with Crippen LogP contribution in [-0.2, 0) is 9.53 Å². The molecule has 0 unspecified atom stereocenters. The van der Waals surface area contributed by atoms with Crippen LogP contribution < -0.4 is 0 Å². The second kappa shape index (κ2) is 6.19. The molecule has 0 saturated heterocycles. The van der Waals surface area contributed by atoms with Crippen molar-refractivity contribution >= 4 is 13.2 Å². The summed E-state index contributed by atoms with van der Waals surface area (Å²) < 4.78 is 5.17. The average Bonchev–Trinajstić information content (AvgIpc) is 2.16. The first-order valence-corrected chi connectivity index (χ1v) is 6.42. The molecular formula is C12H23BO2. The third-order valence-electron chi connectivity index (χ3n) is 3.53. The van der Waals surface area contributed by atoms with Crippen molar-refractivity contribution in [3.8, 4) is 0 Å². The summed E-state index contributed by atoms with van der Waals surface area (Å²) >= 11 is 0. The molecule has 3 heteroatoms. The first kappa shape index (κ1) is 12.6. The highest BCUT2D eigenvalue weighted by atomic mass is 16.5. The molecule has 0 amide bonds. The van der Waals surface area contributed by atoms with E-state index in [0.717, 1.165) is 19.3 Å². The molecule has 2 nitrogen and oxygen atoms in total. The van der Waals surface area contributed by atoms with Crippen LogP contribution in [0, 0.1) is 5.41 Å². The van der Waals surface area contributed by atoms with Crippen molar-refractivity contribution < 1.29 is 9.53 Å². The molecule has 0 radical (unpaired) electrons. The van der Waals surface area contributed by atoms with Gasteiger partial charge in [-0.05, 0) is 26.2 Å². The maximum Gasteiger partial charge on any atom is 0.312 e. The Morgan fingerprint density at radius 2 is 2.13 bits per heavy atom. The molecule has 1 saturated carbocycles. The fraction of sp³-hybridized carbons (Fsp3) is 0.917. The summed E-state index contributed by atoms with van der Waals surface area (Å²) in [6.07, 6.45) is 8.09. The van der Waals surface area contributed by atoms with Crippen LogP contribution in [0.3, 0.4) is 0 Å². The van der Waals surface area contributed by atoms with Crippen LogP contribution >= 0.6 is 0 Å². The van der Waals surface area contributed by atoms with Gasteiger partial charge in [-0.1, -0.05) is 32.4 Å². The smallest absolute Gasteiger partial charge is 0.312 e. The van der Waals surface area contributed by atoms with Gasteiger partial charge < -0.3 is 4.74 Å². The van der Waals surface area contributed by atoms with E-state index >= 15 is 0 Å². The molecule has 1 aliphatic carbocycles. The van der Waals surface area contributed by atoms with E-state index in [0.29, 0.717) is 6.61 Å². The van der Waals surface area contributed by atoms with Crippen LogP contribution in [0.25, 0.3) is 0 Å². The minimum absolute atomic E-state index is 0.0627. The number of carbonyl (C=O) groups is 1. The van der Waals surface area contributed by atoms with E-state index in [4.69, 9.17) is 4.74 Å². The van der Waals surface area contributed by atoms with Crippen LogP contribution in [0.5, 0.6) is 0 Å². The van der Waals surface area contributed by atoms with Gasteiger partial charge in [0.05, 0.1) is 12.0 Å². The number of unbranched alkanes of at least 4 members (excludes halogenated alkanes) is 1. The number of carbonyl (C=O) groups excluding carboxylic acids is 1. The molecule has 0 spiro atoms. The number of esters is 1. The van der Waals surface area contributed by atoms with Crippen molar-refractivity contribution in [2.45, 2.75) is 58.6 Å². The SMILES string of the molecule is CBCCCCC1(C(=O)OCC)CCC1. The number of hydrogen-bond acceptors (Lipinski definition) is 2. The lowest BCUT2D eigenvalue weighted by atomic mass is 9.65. The minimum atomic E-state index is -0.0796. The lowest BCUT2D eigenvalue weighted by molar-refractivity contribution is -0.161. The van der Waals surface area contributed by atoms with Crippen LogP contribution in [-0.4, -0.2) is 19.9 Å². The first-order chi connectivity index (χ1) is 7.25. The zero-order valence-electron chi connectivity index (χ0n) is 10.2. The highest BCUT2D eigenvalue weighted by Crippen LogP contribution is 2.46. The fourth-order valence-corrected chi connectivity index (χ4v) is 2.33. The van der Waals surface area contributed by atoms with E-state index < -0.39 is 0 Å². The van der Waals surface area contributed by atoms with Gasteiger partial charge in [0.15, 0.2) is 0 Å². The Bertz CT molecular complexity index is 200. The van der Waals surface area contributed by atoms with Gasteiger partial charge in [0, 0.05) is 0 Å². The van der Waals surface area contributed by atoms with Gasteiger partial charge in [0.1, 0.15) is 7.28 Å². The van der Waals surface area contributed by atoms with E-state index in [-0.39, 0.29) is 11.4 Å². The minimum Gasteiger partial charge on any atom is -0.466 e. The molecule has 0 aromatic heterocycles. The van der Waals surface area contributed by atoms with Gasteiger partial charge in [0.25, 0.3) is 0 Å².